The number of hydrogen-bond acceptors (Lipinski definition) is 2. The standard InChI is InChI=1S/CH5N2.K/c1-3-2;/h3H,1-2H2;/q-1;+1. The van der Waals surface area contributed by atoms with E-state index in [1.165, 1.54) is 0 Å². The van der Waals surface area contributed by atoms with E-state index < -0.39 is 0 Å². The Morgan fingerprint density at radius 1 is 1.75 bits per heavy atom. The predicted octanol–water partition coefficient (Wildman–Crippen LogP) is -3.75. The molecule has 0 aromatic carbocycles. The van der Waals surface area contributed by atoms with Crippen LogP contribution in [0, 0.1) is 7.05 Å². The minimum Gasteiger partial charge on any atom is -0.413 e. The summed E-state index contributed by atoms with van der Waals surface area (Å²) in [5, 5.41) is 0. The molecule has 20 valence electrons. The van der Waals surface area contributed by atoms with Gasteiger partial charge >= 0.3 is 51.4 Å². The Balaban J connectivity index is 0. The van der Waals surface area contributed by atoms with Crippen LogP contribution in [0.2, 0.25) is 0 Å². The molecule has 0 aromatic rings. The first-order chi connectivity index (χ1) is 1.41. The van der Waals surface area contributed by atoms with Gasteiger partial charge in [0.25, 0.3) is 0 Å². The zero-order chi connectivity index (χ0) is 2.71. The third-order valence-electron chi connectivity index (χ3n) is 0. The van der Waals surface area contributed by atoms with E-state index in [0.717, 1.165) is 0 Å². The quantitative estimate of drug-likeness (QED) is 0.137. The van der Waals surface area contributed by atoms with E-state index >= 15 is 0 Å². The Bertz CT molecular complexity index is 6.00. The monoisotopic (exact) mass is 84.0 g/mol. The van der Waals surface area contributed by atoms with Crippen molar-refractivity contribution in [1.82, 2.24) is 5.43 Å². The van der Waals surface area contributed by atoms with Crippen molar-refractivity contribution in [1.29, 1.82) is 0 Å². The van der Waals surface area contributed by atoms with Gasteiger partial charge in [0.1, 0.15) is 0 Å². The van der Waals surface area contributed by atoms with Crippen molar-refractivity contribution >= 4 is 0 Å². The van der Waals surface area contributed by atoms with Gasteiger partial charge in [-0.1, -0.05) is 0 Å². The van der Waals surface area contributed by atoms with Gasteiger partial charge in [0.05, 0.1) is 0 Å². The zero-order valence-electron chi connectivity index (χ0n) is 2.78. The first kappa shape index (κ1) is 9.12. The van der Waals surface area contributed by atoms with Gasteiger partial charge in [0.2, 0.25) is 0 Å². The summed E-state index contributed by atoms with van der Waals surface area (Å²) in [6.07, 6.45) is 0. The molecule has 4 heavy (non-hydrogen) atoms. The molecule has 3 N–H and O–H groups in total. The van der Waals surface area contributed by atoms with Gasteiger partial charge in [-0.25, -0.2) is 0 Å². The molecular formula is CH5KN2. The number of nitrogens with two attached hydrogens (primary N) is 1. The summed E-state index contributed by atoms with van der Waals surface area (Å²) in [5.41, 5.74) is 2.00. The van der Waals surface area contributed by atoms with E-state index in [0.29, 0.717) is 0 Å². The van der Waals surface area contributed by atoms with Crippen molar-refractivity contribution in [2.45, 2.75) is 0 Å². The fourth-order valence-corrected chi connectivity index (χ4v) is 0. The maximum atomic E-state index is 4.49. The molecule has 0 aromatic heterocycles. The van der Waals surface area contributed by atoms with Crippen LogP contribution in [0.1, 0.15) is 0 Å². The molecule has 0 atom stereocenters. The predicted molar refractivity (Wildman–Crippen MR) is 12.7 cm³/mol. The van der Waals surface area contributed by atoms with E-state index in [2.05, 4.69) is 12.9 Å². The summed E-state index contributed by atoms with van der Waals surface area (Å²) in [5.74, 6) is 4.49. The fourth-order valence-electron chi connectivity index (χ4n) is 0. The minimum atomic E-state index is 0. The average molecular weight is 84.2 g/mol. The molecule has 0 aliphatic rings. The Morgan fingerprint density at radius 3 is 1.75 bits per heavy atom. The molecule has 0 unspecified atom stereocenters. The Morgan fingerprint density at radius 2 is 1.75 bits per heavy atom. The van der Waals surface area contributed by atoms with Gasteiger partial charge in [-0.05, 0) is 0 Å². The SMILES string of the molecule is [CH2-]NN.[K+]. The fraction of sp³-hybridized carbons (Fsp3) is 0. The Hall–Kier alpha value is 1.56. The summed E-state index contributed by atoms with van der Waals surface area (Å²) in [7, 11) is 3.01. The summed E-state index contributed by atoms with van der Waals surface area (Å²) in [6, 6.07) is 0. The van der Waals surface area contributed by atoms with Crippen LogP contribution in [0.15, 0.2) is 0 Å². The third-order valence-corrected chi connectivity index (χ3v) is 0. The molecule has 0 saturated heterocycles. The number of hydrazine groups is 1. The van der Waals surface area contributed by atoms with Crippen LogP contribution in [0.4, 0.5) is 0 Å². The molecule has 0 bridgehead atoms. The first-order valence-corrected chi connectivity index (χ1v) is 0.642. The van der Waals surface area contributed by atoms with Crippen molar-refractivity contribution in [2.24, 2.45) is 5.84 Å². The van der Waals surface area contributed by atoms with Gasteiger partial charge in [0.15, 0.2) is 0 Å². The van der Waals surface area contributed by atoms with Crippen molar-refractivity contribution in [3.05, 3.63) is 7.05 Å². The van der Waals surface area contributed by atoms with E-state index in [9.17, 15) is 0 Å². The van der Waals surface area contributed by atoms with Crippen molar-refractivity contribution in [3.63, 3.8) is 0 Å². The van der Waals surface area contributed by atoms with Crippen LogP contribution < -0.4 is 62.7 Å². The van der Waals surface area contributed by atoms with E-state index in [1.54, 1.807) is 0 Å². The van der Waals surface area contributed by atoms with E-state index in [4.69, 9.17) is 0 Å². The molecule has 0 saturated carbocycles. The van der Waals surface area contributed by atoms with Gasteiger partial charge < -0.3 is 11.3 Å². The second-order valence-corrected chi connectivity index (χ2v) is 0.204. The van der Waals surface area contributed by atoms with Crippen LogP contribution in [-0.4, -0.2) is 0 Å². The van der Waals surface area contributed by atoms with Crippen LogP contribution in [-0.2, 0) is 0 Å². The van der Waals surface area contributed by atoms with Gasteiger partial charge in [0, 0.05) is 0 Å². The van der Waals surface area contributed by atoms with Crippen LogP contribution in [0.25, 0.3) is 0 Å². The minimum absolute atomic E-state index is 0. The van der Waals surface area contributed by atoms with Gasteiger partial charge in [-0.2, -0.15) is 0 Å². The second-order valence-electron chi connectivity index (χ2n) is 0.204. The average Bonchev–Trinajstić information content (AvgIpc) is 0.918. The summed E-state index contributed by atoms with van der Waals surface area (Å²) < 4.78 is 0. The van der Waals surface area contributed by atoms with Crippen molar-refractivity contribution in [3.8, 4) is 0 Å². The molecule has 0 radical (unpaired) electrons. The molecule has 2 nitrogen and oxygen atoms in total. The van der Waals surface area contributed by atoms with Gasteiger partial charge in [-0.3, -0.25) is 7.05 Å². The van der Waals surface area contributed by atoms with Crippen LogP contribution >= 0.6 is 0 Å². The molecule has 0 fully saturated rings. The molecule has 0 rings (SSSR count). The maximum absolute atomic E-state index is 4.49. The van der Waals surface area contributed by atoms with Crippen LogP contribution in [0.3, 0.4) is 0 Å². The molecule has 3 heteroatoms. The topological polar surface area (TPSA) is 38.0 Å². The Kier molecular flexibility index (Phi) is 20.1. The maximum Gasteiger partial charge on any atom is 1.00 e. The summed E-state index contributed by atoms with van der Waals surface area (Å²) in [4.78, 5) is 0. The number of nitrogens with one attached hydrogen (secondary N) is 1. The van der Waals surface area contributed by atoms with Crippen molar-refractivity contribution < 1.29 is 51.4 Å². The normalized spacial score (nSPS) is 4.50. The first-order valence-electron chi connectivity index (χ1n) is 0.642. The molecule has 0 aliphatic carbocycles. The summed E-state index contributed by atoms with van der Waals surface area (Å²) in [6.45, 7) is 0. The number of rotatable bonds is 0. The number of hydrogen-bond donors (Lipinski definition) is 2. The van der Waals surface area contributed by atoms with Crippen molar-refractivity contribution in [2.75, 3.05) is 0 Å². The zero-order valence-corrected chi connectivity index (χ0v) is 5.91. The molecule has 0 amide bonds. The second kappa shape index (κ2) is 8.82. The largest absolute Gasteiger partial charge is 1.00 e. The summed E-state index contributed by atoms with van der Waals surface area (Å²) >= 11 is 0. The molecular weight excluding hydrogens is 79.1 g/mol. The smallest absolute Gasteiger partial charge is 0.413 e. The Labute approximate surface area is 68.5 Å². The third kappa shape index (κ3) is 9.59. The van der Waals surface area contributed by atoms with Crippen LogP contribution in [0.5, 0.6) is 0 Å². The molecule has 0 heterocycles. The van der Waals surface area contributed by atoms with E-state index in [-0.39, 0.29) is 51.4 Å². The van der Waals surface area contributed by atoms with E-state index in [1.807, 2.05) is 5.43 Å². The molecule has 0 spiro atoms. The molecule has 0 aliphatic heterocycles. The van der Waals surface area contributed by atoms with Gasteiger partial charge in [-0.15, -0.1) is 0 Å².